The van der Waals surface area contributed by atoms with Gasteiger partial charge < -0.3 is 9.47 Å². The van der Waals surface area contributed by atoms with Crippen molar-refractivity contribution in [2.24, 2.45) is 0 Å². The second-order valence-electron chi connectivity index (χ2n) is 5.49. The van der Waals surface area contributed by atoms with Gasteiger partial charge >= 0.3 is 0 Å². The maximum Gasteiger partial charge on any atom is 0.125 e. The molecule has 0 saturated heterocycles. The first kappa shape index (κ1) is 15.2. The Morgan fingerprint density at radius 3 is 2.17 bits per heavy atom. The number of rotatable bonds is 5. The third-order valence-corrected chi connectivity index (χ3v) is 3.80. The zero-order valence-corrected chi connectivity index (χ0v) is 13.5. The molecule has 2 heteroatoms. The van der Waals surface area contributed by atoms with Gasteiger partial charge in [0.25, 0.3) is 0 Å². The molecule has 0 bridgehead atoms. The van der Waals surface area contributed by atoms with E-state index in [2.05, 4.69) is 37.3 Å². The summed E-state index contributed by atoms with van der Waals surface area (Å²) < 4.78 is 11.3. The lowest BCUT2D eigenvalue weighted by molar-refractivity contribution is 0.296. The summed E-state index contributed by atoms with van der Waals surface area (Å²) in [6.45, 7) is 2.55. The van der Waals surface area contributed by atoms with Gasteiger partial charge in [-0.1, -0.05) is 54.6 Å². The summed E-state index contributed by atoms with van der Waals surface area (Å²) >= 11 is 0. The summed E-state index contributed by atoms with van der Waals surface area (Å²) in [6, 6.07) is 24.6. The zero-order valence-electron chi connectivity index (χ0n) is 13.5. The molecule has 2 nitrogen and oxygen atoms in total. The van der Waals surface area contributed by atoms with Crippen molar-refractivity contribution in [3.8, 4) is 22.6 Å². The number of hydrogen-bond donors (Lipinski definition) is 0. The lowest BCUT2D eigenvalue weighted by Crippen LogP contribution is -1.99. The molecule has 0 unspecified atom stereocenters. The molecule has 0 spiro atoms. The van der Waals surface area contributed by atoms with Crippen molar-refractivity contribution in [2.45, 2.75) is 13.5 Å². The van der Waals surface area contributed by atoms with Gasteiger partial charge in [-0.3, -0.25) is 0 Å². The van der Waals surface area contributed by atoms with Crippen LogP contribution in [0.1, 0.15) is 11.1 Å². The molecule has 0 radical (unpaired) electrons. The first-order valence-electron chi connectivity index (χ1n) is 7.68. The molecule has 0 aliphatic heterocycles. The summed E-state index contributed by atoms with van der Waals surface area (Å²) in [5.74, 6) is 1.72. The quantitative estimate of drug-likeness (QED) is 0.641. The fourth-order valence-corrected chi connectivity index (χ4v) is 2.51. The van der Waals surface area contributed by atoms with E-state index in [-0.39, 0.29) is 0 Å². The smallest absolute Gasteiger partial charge is 0.125 e. The van der Waals surface area contributed by atoms with E-state index in [1.807, 2.05) is 42.5 Å². The number of methoxy groups -OCH3 is 1. The van der Waals surface area contributed by atoms with E-state index in [1.165, 1.54) is 16.7 Å². The standard InChI is InChI=1S/C21H20O2/c1-16-8-9-19(21(14-16)22-2)15-23-20-12-10-18(11-13-20)17-6-4-3-5-7-17/h3-14H,15H2,1-2H3. The molecule has 0 aliphatic carbocycles. The Labute approximate surface area is 137 Å². The first-order valence-corrected chi connectivity index (χ1v) is 7.68. The van der Waals surface area contributed by atoms with Crippen molar-refractivity contribution < 1.29 is 9.47 Å². The van der Waals surface area contributed by atoms with Gasteiger partial charge in [0.2, 0.25) is 0 Å². The fourth-order valence-electron chi connectivity index (χ4n) is 2.51. The van der Waals surface area contributed by atoms with Gasteiger partial charge in [0.1, 0.15) is 18.1 Å². The highest BCUT2D eigenvalue weighted by Gasteiger charge is 2.04. The number of hydrogen-bond acceptors (Lipinski definition) is 2. The van der Waals surface area contributed by atoms with E-state index in [0.29, 0.717) is 6.61 Å². The van der Waals surface area contributed by atoms with E-state index in [4.69, 9.17) is 9.47 Å². The lowest BCUT2D eigenvalue weighted by Gasteiger charge is -2.11. The van der Waals surface area contributed by atoms with Gasteiger partial charge in [0, 0.05) is 5.56 Å². The van der Waals surface area contributed by atoms with Crippen molar-refractivity contribution in [3.05, 3.63) is 83.9 Å². The summed E-state index contributed by atoms with van der Waals surface area (Å²) in [4.78, 5) is 0. The molecule has 0 aliphatic rings. The van der Waals surface area contributed by atoms with Crippen LogP contribution in [0.5, 0.6) is 11.5 Å². The van der Waals surface area contributed by atoms with Crippen LogP contribution in [-0.2, 0) is 6.61 Å². The fraction of sp³-hybridized carbons (Fsp3) is 0.143. The van der Waals surface area contributed by atoms with Crippen LogP contribution in [0.15, 0.2) is 72.8 Å². The summed E-state index contributed by atoms with van der Waals surface area (Å²) in [5.41, 5.74) is 4.62. The van der Waals surface area contributed by atoms with Gasteiger partial charge in [0.15, 0.2) is 0 Å². The highest BCUT2D eigenvalue weighted by atomic mass is 16.5. The molecule has 0 heterocycles. The second kappa shape index (κ2) is 7.01. The second-order valence-corrected chi connectivity index (χ2v) is 5.49. The van der Waals surface area contributed by atoms with Crippen LogP contribution in [0.25, 0.3) is 11.1 Å². The van der Waals surface area contributed by atoms with Crippen molar-refractivity contribution in [1.82, 2.24) is 0 Å². The Bertz CT molecular complexity index is 762. The third-order valence-electron chi connectivity index (χ3n) is 3.80. The molecule has 0 amide bonds. The number of benzene rings is 3. The van der Waals surface area contributed by atoms with Crippen LogP contribution >= 0.6 is 0 Å². The SMILES string of the molecule is COc1cc(C)ccc1COc1ccc(-c2ccccc2)cc1. The maximum absolute atomic E-state index is 5.89. The Morgan fingerprint density at radius 1 is 0.783 bits per heavy atom. The van der Waals surface area contributed by atoms with E-state index in [9.17, 15) is 0 Å². The largest absolute Gasteiger partial charge is 0.496 e. The molecule has 3 aromatic rings. The van der Waals surface area contributed by atoms with Gasteiger partial charge in [-0.05, 0) is 41.8 Å². The van der Waals surface area contributed by atoms with Gasteiger partial charge in [-0.15, -0.1) is 0 Å². The Kier molecular flexibility index (Phi) is 4.62. The van der Waals surface area contributed by atoms with E-state index < -0.39 is 0 Å². The van der Waals surface area contributed by atoms with Gasteiger partial charge in [-0.25, -0.2) is 0 Å². The predicted octanol–water partition coefficient (Wildman–Crippen LogP) is 5.25. The third kappa shape index (κ3) is 3.72. The predicted molar refractivity (Wildman–Crippen MR) is 93.9 cm³/mol. The van der Waals surface area contributed by atoms with Crippen LogP contribution in [0, 0.1) is 6.92 Å². The normalized spacial score (nSPS) is 10.3. The Balaban J connectivity index is 1.70. The molecule has 23 heavy (non-hydrogen) atoms. The topological polar surface area (TPSA) is 18.5 Å². The van der Waals surface area contributed by atoms with Gasteiger partial charge in [0.05, 0.1) is 7.11 Å². The van der Waals surface area contributed by atoms with E-state index in [1.54, 1.807) is 7.11 Å². The van der Waals surface area contributed by atoms with Crippen LogP contribution in [0.3, 0.4) is 0 Å². The van der Waals surface area contributed by atoms with Crippen LogP contribution < -0.4 is 9.47 Å². The minimum Gasteiger partial charge on any atom is -0.496 e. The molecule has 0 atom stereocenters. The minimum atomic E-state index is 0.494. The molecule has 0 fully saturated rings. The minimum absolute atomic E-state index is 0.494. The average Bonchev–Trinajstić information content (AvgIpc) is 2.62. The molecular formula is C21H20O2. The highest BCUT2D eigenvalue weighted by Crippen LogP contribution is 2.24. The molecule has 116 valence electrons. The van der Waals surface area contributed by atoms with Crippen molar-refractivity contribution in [3.63, 3.8) is 0 Å². The molecular weight excluding hydrogens is 284 g/mol. The Morgan fingerprint density at radius 2 is 1.48 bits per heavy atom. The zero-order chi connectivity index (χ0) is 16.1. The molecule has 3 aromatic carbocycles. The molecule has 0 N–H and O–H groups in total. The average molecular weight is 304 g/mol. The van der Waals surface area contributed by atoms with E-state index in [0.717, 1.165) is 17.1 Å². The van der Waals surface area contributed by atoms with Crippen molar-refractivity contribution in [1.29, 1.82) is 0 Å². The Hall–Kier alpha value is -2.74. The summed E-state index contributed by atoms with van der Waals surface area (Å²) in [7, 11) is 1.69. The summed E-state index contributed by atoms with van der Waals surface area (Å²) in [6.07, 6.45) is 0. The summed E-state index contributed by atoms with van der Waals surface area (Å²) in [5, 5.41) is 0. The van der Waals surface area contributed by atoms with Crippen LogP contribution in [-0.4, -0.2) is 7.11 Å². The molecule has 3 rings (SSSR count). The van der Waals surface area contributed by atoms with Crippen molar-refractivity contribution in [2.75, 3.05) is 7.11 Å². The lowest BCUT2D eigenvalue weighted by atomic mass is 10.1. The van der Waals surface area contributed by atoms with Gasteiger partial charge in [-0.2, -0.15) is 0 Å². The van der Waals surface area contributed by atoms with Crippen LogP contribution in [0.4, 0.5) is 0 Å². The van der Waals surface area contributed by atoms with Crippen LogP contribution in [0.2, 0.25) is 0 Å². The number of aryl methyl sites for hydroxylation is 1. The maximum atomic E-state index is 5.89. The van der Waals surface area contributed by atoms with E-state index >= 15 is 0 Å². The monoisotopic (exact) mass is 304 g/mol. The molecule has 0 saturated carbocycles. The molecule has 0 aromatic heterocycles. The number of ether oxygens (including phenoxy) is 2. The first-order chi connectivity index (χ1) is 11.3. The highest BCUT2D eigenvalue weighted by molar-refractivity contribution is 5.63. The van der Waals surface area contributed by atoms with Crippen molar-refractivity contribution >= 4 is 0 Å².